The third-order valence-corrected chi connectivity index (χ3v) is 4.11. The number of rotatable bonds is 7. The molecule has 0 atom stereocenters. The highest BCUT2D eigenvalue weighted by Crippen LogP contribution is 2.24. The monoisotopic (exact) mass is 299 g/mol. The lowest BCUT2D eigenvalue weighted by Gasteiger charge is -2.29. The topological polar surface area (TPSA) is 32.3 Å². The Morgan fingerprint density at radius 2 is 1.76 bits per heavy atom. The van der Waals surface area contributed by atoms with Crippen LogP contribution in [0.15, 0.2) is 28.7 Å². The van der Waals surface area contributed by atoms with E-state index in [9.17, 15) is 5.11 Å². The van der Waals surface area contributed by atoms with Gasteiger partial charge in [0.05, 0.1) is 0 Å². The van der Waals surface area contributed by atoms with E-state index in [0.717, 1.165) is 30.4 Å². The quantitative estimate of drug-likeness (QED) is 0.809. The molecule has 96 valence electrons. The summed E-state index contributed by atoms with van der Waals surface area (Å²) in [6, 6.07) is 8.32. The van der Waals surface area contributed by atoms with Gasteiger partial charge < -0.3 is 10.4 Å². The molecule has 0 saturated heterocycles. The molecule has 17 heavy (non-hydrogen) atoms. The minimum Gasteiger partial charge on any atom is -0.396 e. The summed E-state index contributed by atoms with van der Waals surface area (Å²) in [7, 11) is 0. The van der Waals surface area contributed by atoms with E-state index in [1.165, 1.54) is 5.56 Å². The van der Waals surface area contributed by atoms with Gasteiger partial charge >= 0.3 is 0 Å². The van der Waals surface area contributed by atoms with Crippen molar-refractivity contribution in [2.45, 2.75) is 33.2 Å². The highest BCUT2D eigenvalue weighted by atomic mass is 79.9. The molecule has 0 aliphatic rings. The maximum atomic E-state index is 9.46. The summed E-state index contributed by atoms with van der Waals surface area (Å²) in [5.41, 5.74) is 1.31. The van der Waals surface area contributed by atoms with Crippen molar-refractivity contribution in [3.8, 4) is 0 Å². The first kappa shape index (κ1) is 14.7. The average Bonchev–Trinajstić information content (AvgIpc) is 2.38. The number of halogens is 1. The molecule has 2 nitrogen and oxygen atoms in total. The third-order valence-electron chi connectivity index (χ3n) is 3.58. The number of aliphatic hydroxyl groups excluding tert-OH is 1. The molecule has 0 bridgehead atoms. The average molecular weight is 300 g/mol. The molecule has 0 amide bonds. The predicted molar refractivity (Wildman–Crippen MR) is 75.9 cm³/mol. The second-order valence-corrected chi connectivity index (χ2v) is 5.51. The zero-order chi connectivity index (χ0) is 12.7. The molecular formula is C14H22BrNO. The van der Waals surface area contributed by atoms with Gasteiger partial charge in [-0.2, -0.15) is 0 Å². The molecule has 1 aromatic rings. The van der Waals surface area contributed by atoms with Crippen molar-refractivity contribution in [2.75, 3.05) is 13.2 Å². The van der Waals surface area contributed by atoms with Gasteiger partial charge in [0, 0.05) is 29.6 Å². The molecular weight excluding hydrogens is 278 g/mol. The third kappa shape index (κ3) is 4.41. The molecule has 0 aliphatic carbocycles. The Balaban J connectivity index is 2.43. The summed E-state index contributed by atoms with van der Waals surface area (Å²) in [6.07, 6.45) is 2.01. The zero-order valence-corrected chi connectivity index (χ0v) is 12.3. The van der Waals surface area contributed by atoms with Gasteiger partial charge in [-0.15, -0.1) is 0 Å². The lowest BCUT2D eigenvalue weighted by molar-refractivity contribution is 0.113. The molecule has 0 aromatic heterocycles. The van der Waals surface area contributed by atoms with Gasteiger partial charge in [-0.1, -0.05) is 41.9 Å². The lowest BCUT2D eigenvalue weighted by Crippen LogP contribution is -2.36. The van der Waals surface area contributed by atoms with Crippen molar-refractivity contribution in [3.63, 3.8) is 0 Å². The van der Waals surface area contributed by atoms with Gasteiger partial charge in [0.1, 0.15) is 0 Å². The van der Waals surface area contributed by atoms with Crippen LogP contribution in [0.3, 0.4) is 0 Å². The smallest absolute Gasteiger partial charge is 0.0499 e. The van der Waals surface area contributed by atoms with Crippen LogP contribution in [0.2, 0.25) is 0 Å². The normalized spacial score (nSPS) is 11.8. The Labute approximate surface area is 113 Å². The second kappa shape index (κ2) is 7.14. The van der Waals surface area contributed by atoms with E-state index in [1.54, 1.807) is 0 Å². The Morgan fingerprint density at radius 3 is 2.24 bits per heavy atom. The predicted octanol–water partition coefficient (Wildman–Crippen LogP) is 3.34. The minimum absolute atomic E-state index is 0.0371. The van der Waals surface area contributed by atoms with Crippen molar-refractivity contribution in [3.05, 3.63) is 34.3 Å². The van der Waals surface area contributed by atoms with E-state index >= 15 is 0 Å². The van der Waals surface area contributed by atoms with Crippen molar-refractivity contribution >= 4 is 15.9 Å². The number of hydrogen-bond acceptors (Lipinski definition) is 2. The van der Waals surface area contributed by atoms with E-state index in [2.05, 4.69) is 59.4 Å². The number of nitrogens with one attached hydrogen (secondary N) is 1. The molecule has 0 saturated carbocycles. The van der Waals surface area contributed by atoms with Crippen LogP contribution in [-0.4, -0.2) is 18.3 Å². The highest BCUT2D eigenvalue weighted by molar-refractivity contribution is 9.10. The second-order valence-electron chi connectivity index (χ2n) is 4.60. The molecule has 0 aliphatic heterocycles. The fourth-order valence-electron chi connectivity index (χ4n) is 1.85. The highest BCUT2D eigenvalue weighted by Gasteiger charge is 2.24. The van der Waals surface area contributed by atoms with Crippen molar-refractivity contribution in [1.29, 1.82) is 0 Å². The Kier molecular flexibility index (Phi) is 6.17. The van der Waals surface area contributed by atoms with E-state index in [-0.39, 0.29) is 12.0 Å². The first-order valence-electron chi connectivity index (χ1n) is 6.22. The Bertz CT molecular complexity index is 311. The molecule has 2 N–H and O–H groups in total. The largest absolute Gasteiger partial charge is 0.396 e. The number of aliphatic hydroxyl groups is 1. The van der Waals surface area contributed by atoms with E-state index < -0.39 is 0 Å². The van der Waals surface area contributed by atoms with Crippen LogP contribution >= 0.6 is 15.9 Å². The van der Waals surface area contributed by atoms with E-state index in [4.69, 9.17) is 0 Å². The fraction of sp³-hybridized carbons (Fsp3) is 0.571. The van der Waals surface area contributed by atoms with E-state index in [0.29, 0.717) is 0 Å². The summed E-state index contributed by atoms with van der Waals surface area (Å²) < 4.78 is 1.10. The van der Waals surface area contributed by atoms with Gasteiger partial charge in [0.15, 0.2) is 0 Å². The molecule has 0 fully saturated rings. The lowest BCUT2D eigenvalue weighted by atomic mass is 9.83. The Hall–Kier alpha value is -0.380. The number of hydrogen-bond donors (Lipinski definition) is 2. The SMILES string of the molecule is CCC(CC)(CO)CNCc1ccc(Br)cc1. The van der Waals surface area contributed by atoms with Crippen LogP contribution < -0.4 is 5.32 Å². The fourth-order valence-corrected chi connectivity index (χ4v) is 2.12. The van der Waals surface area contributed by atoms with Crippen LogP contribution in [0.4, 0.5) is 0 Å². The zero-order valence-electron chi connectivity index (χ0n) is 10.7. The van der Waals surface area contributed by atoms with Gasteiger partial charge in [-0.05, 0) is 30.5 Å². The molecule has 1 aromatic carbocycles. The van der Waals surface area contributed by atoms with Crippen LogP contribution in [0, 0.1) is 5.41 Å². The summed E-state index contributed by atoms with van der Waals surface area (Å²) >= 11 is 3.43. The minimum atomic E-state index is 0.0371. The Morgan fingerprint density at radius 1 is 1.18 bits per heavy atom. The van der Waals surface area contributed by atoms with Gasteiger partial charge in [0.2, 0.25) is 0 Å². The van der Waals surface area contributed by atoms with Crippen LogP contribution in [-0.2, 0) is 6.54 Å². The van der Waals surface area contributed by atoms with Gasteiger partial charge in [0.25, 0.3) is 0 Å². The molecule has 0 unspecified atom stereocenters. The molecule has 0 radical (unpaired) electrons. The van der Waals surface area contributed by atoms with Crippen molar-refractivity contribution in [2.24, 2.45) is 5.41 Å². The van der Waals surface area contributed by atoms with Gasteiger partial charge in [-0.25, -0.2) is 0 Å². The molecule has 1 rings (SSSR count). The summed E-state index contributed by atoms with van der Waals surface area (Å²) in [6.45, 7) is 6.26. The maximum Gasteiger partial charge on any atom is 0.0499 e. The maximum absolute atomic E-state index is 9.46. The molecule has 0 heterocycles. The van der Waals surface area contributed by atoms with Crippen molar-refractivity contribution in [1.82, 2.24) is 5.32 Å². The summed E-state index contributed by atoms with van der Waals surface area (Å²) in [5.74, 6) is 0. The first-order valence-corrected chi connectivity index (χ1v) is 7.01. The molecule has 3 heteroatoms. The standard InChI is InChI=1S/C14H22BrNO/c1-3-14(4-2,11-17)10-16-9-12-5-7-13(15)8-6-12/h5-8,16-17H,3-4,9-11H2,1-2H3. The summed E-state index contributed by atoms with van der Waals surface area (Å²) in [4.78, 5) is 0. The van der Waals surface area contributed by atoms with E-state index in [1.807, 2.05) is 0 Å². The summed E-state index contributed by atoms with van der Waals surface area (Å²) in [5, 5.41) is 12.9. The van der Waals surface area contributed by atoms with Crippen LogP contribution in [0.25, 0.3) is 0 Å². The van der Waals surface area contributed by atoms with Crippen LogP contribution in [0.5, 0.6) is 0 Å². The van der Waals surface area contributed by atoms with Crippen molar-refractivity contribution < 1.29 is 5.11 Å². The van der Waals surface area contributed by atoms with Gasteiger partial charge in [-0.3, -0.25) is 0 Å². The number of benzene rings is 1. The molecule has 0 spiro atoms. The first-order chi connectivity index (χ1) is 8.15. The van der Waals surface area contributed by atoms with Crippen LogP contribution in [0.1, 0.15) is 32.3 Å².